The van der Waals surface area contributed by atoms with Crippen LogP contribution < -0.4 is 10.6 Å². The number of aryl methyl sites for hydroxylation is 2. The molecule has 0 aliphatic heterocycles. The third-order valence-corrected chi connectivity index (χ3v) is 5.44. The first-order valence-corrected chi connectivity index (χ1v) is 10.1. The first-order chi connectivity index (χ1) is 13.6. The fourth-order valence-electron chi connectivity index (χ4n) is 2.90. The lowest BCUT2D eigenvalue weighted by Crippen LogP contribution is -2.30. The number of anilines is 1. The van der Waals surface area contributed by atoms with Gasteiger partial charge in [-0.15, -0.1) is 11.3 Å². The van der Waals surface area contributed by atoms with E-state index in [0.29, 0.717) is 22.2 Å². The van der Waals surface area contributed by atoms with Crippen molar-refractivity contribution in [2.75, 3.05) is 19.0 Å². The minimum Gasteiger partial charge on any atom is -0.465 e. The first kappa shape index (κ1) is 20.0. The number of aromatic nitrogens is 2. The molecule has 28 heavy (non-hydrogen) atoms. The first-order valence-electron chi connectivity index (χ1n) is 8.89. The van der Waals surface area contributed by atoms with Crippen molar-refractivity contribution in [1.29, 1.82) is 0 Å². The summed E-state index contributed by atoms with van der Waals surface area (Å²) < 4.78 is 6.91. The molecular weight excluding hydrogens is 392 g/mol. The van der Waals surface area contributed by atoms with Gasteiger partial charge in [0, 0.05) is 35.9 Å². The summed E-state index contributed by atoms with van der Waals surface area (Å²) in [6.45, 7) is 3.51. The predicted octanol–water partition coefficient (Wildman–Crippen LogP) is 4.08. The SMILES string of the molecule is COC(=O)c1c(NC(=S)NCCCn2cccn2)sc(C)c1-c1ccccc1. The second kappa shape index (κ2) is 9.48. The van der Waals surface area contributed by atoms with Crippen LogP contribution in [0.25, 0.3) is 11.1 Å². The molecule has 0 radical (unpaired) electrons. The number of esters is 1. The summed E-state index contributed by atoms with van der Waals surface area (Å²) in [4.78, 5) is 13.5. The number of methoxy groups -OCH3 is 1. The van der Waals surface area contributed by atoms with E-state index in [9.17, 15) is 4.79 Å². The second-order valence-electron chi connectivity index (χ2n) is 6.10. The van der Waals surface area contributed by atoms with Crippen molar-refractivity contribution in [3.05, 3.63) is 59.2 Å². The highest BCUT2D eigenvalue weighted by Gasteiger charge is 2.24. The summed E-state index contributed by atoms with van der Waals surface area (Å²) in [5.41, 5.74) is 2.36. The summed E-state index contributed by atoms with van der Waals surface area (Å²) in [6, 6.07) is 11.7. The maximum Gasteiger partial charge on any atom is 0.341 e. The number of thiophene rings is 1. The summed E-state index contributed by atoms with van der Waals surface area (Å²) in [5.74, 6) is -0.382. The minimum atomic E-state index is -0.382. The van der Waals surface area contributed by atoms with Gasteiger partial charge in [0.1, 0.15) is 10.6 Å². The molecule has 0 fully saturated rings. The van der Waals surface area contributed by atoms with Gasteiger partial charge in [0.05, 0.1) is 7.11 Å². The van der Waals surface area contributed by atoms with E-state index in [0.717, 1.165) is 29.0 Å². The second-order valence-corrected chi connectivity index (χ2v) is 7.73. The fourth-order valence-corrected chi connectivity index (χ4v) is 4.24. The molecule has 0 bridgehead atoms. The van der Waals surface area contributed by atoms with E-state index in [2.05, 4.69) is 15.7 Å². The third-order valence-electron chi connectivity index (χ3n) is 4.17. The van der Waals surface area contributed by atoms with Gasteiger partial charge in [-0.25, -0.2) is 4.79 Å². The van der Waals surface area contributed by atoms with Crippen LogP contribution in [-0.2, 0) is 11.3 Å². The molecule has 0 aliphatic rings. The van der Waals surface area contributed by atoms with Crippen LogP contribution in [0.2, 0.25) is 0 Å². The van der Waals surface area contributed by atoms with Gasteiger partial charge in [-0.2, -0.15) is 5.10 Å². The Balaban J connectivity index is 1.70. The molecule has 6 nitrogen and oxygen atoms in total. The molecule has 2 N–H and O–H groups in total. The van der Waals surface area contributed by atoms with Gasteiger partial charge in [0.2, 0.25) is 0 Å². The molecule has 2 heterocycles. The lowest BCUT2D eigenvalue weighted by Gasteiger charge is -2.11. The van der Waals surface area contributed by atoms with Crippen LogP contribution in [0.15, 0.2) is 48.8 Å². The van der Waals surface area contributed by atoms with Crippen molar-refractivity contribution in [2.45, 2.75) is 19.9 Å². The van der Waals surface area contributed by atoms with Gasteiger partial charge in [-0.3, -0.25) is 4.68 Å². The van der Waals surface area contributed by atoms with Crippen LogP contribution in [0.5, 0.6) is 0 Å². The number of carbonyl (C=O) groups is 1. The van der Waals surface area contributed by atoms with Gasteiger partial charge >= 0.3 is 5.97 Å². The molecule has 0 spiro atoms. The average Bonchev–Trinajstić information content (AvgIpc) is 3.33. The number of hydrogen-bond acceptors (Lipinski definition) is 5. The highest BCUT2D eigenvalue weighted by atomic mass is 32.1. The number of benzene rings is 1. The Kier molecular flexibility index (Phi) is 6.78. The number of nitrogens with zero attached hydrogens (tertiary/aromatic N) is 2. The molecule has 0 atom stereocenters. The van der Waals surface area contributed by atoms with Crippen molar-refractivity contribution >= 4 is 39.6 Å². The predicted molar refractivity (Wildman–Crippen MR) is 117 cm³/mol. The molecule has 8 heteroatoms. The van der Waals surface area contributed by atoms with E-state index in [-0.39, 0.29) is 5.97 Å². The average molecular weight is 415 g/mol. The molecule has 0 unspecified atom stereocenters. The zero-order valence-electron chi connectivity index (χ0n) is 15.8. The van der Waals surface area contributed by atoms with E-state index in [1.807, 2.05) is 54.2 Å². The van der Waals surface area contributed by atoms with Crippen LogP contribution in [0, 0.1) is 6.92 Å². The smallest absolute Gasteiger partial charge is 0.341 e. The van der Waals surface area contributed by atoms with Gasteiger partial charge in [-0.05, 0) is 37.2 Å². The molecule has 1 aromatic carbocycles. The number of hydrogen-bond donors (Lipinski definition) is 2. The Morgan fingerprint density at radius 3 is 2.75 bits per heavy atom. The van der Waals surface area contributed by atoms with E-state index >= 15 is 0 Å². The van der Waals surface area contributed by atoms with Gasteiger partial charge in [-0.1, -0.05) is 30.3 Å². The van der Waals surface area contributed by atoms with E-state index in [4.69, 9.17) is 17.0 Å². The Morgan fingerprint density at radius 1 is 1.29 bits per heavy atom. The molecule has 146 valence electrons. The van der Waals surface area contributed by atoms with Crippen molar-refractivity contribution < 1.29 is 9.53 Å². The van der Waals surface area contributed by atoms with E-state index < -0.39 is 0 Å². The number of nitrogens with one attached hydrogen (secondary N) is 2. The lowest BCUT2D eigenvalue weighted by molar-refractivity contribution is 0.0603. The van der Waals surface area contributed by atoms with E-state index in [1.165, 1.54) is 18.4 Å². The molecule has 0 saturated carbocycles. The highest BCUT2D eigenvalue weighted by molar-refractivity contribution is 7.80. The minimum absolute atomic E-state index is 0.382. The van der Waals surface area contributed by atoms with Crippen LogP contribution in [0.4, 0.5) is 5.00 Å². The number of ether oxygens (including phenoxy) is 1. The van der Waals surface area contributed by atoms with Crippen LogP contribution in [-0.4, -0.2) is 34.5 Å². The van der Waals surface area contributed by atoms with Crippen LogP contribution in [0.3, 0.4) is 0 Å². The van der Waals surface area contributed by atoms with Crippen LogP contribution in [0.1, 0.15) is 21.7 Å². The molecule has 3 rings (SSSR count). The number of carbonyl (C=O) groups excluding carboxylic acids is 1. The molecule has 2 aromatic heterocycles. The fraction of sp³-hybridized carbons (Fsp3) is 0.250. The zero-order valence-corrected chi connectivity index (χ0v) is 17.4. The summed E-state index contributed by atoms with van der Waals surface area (Å²) in [7, 11) is 1.39. The quantitative estimate of drug-likeness (QED) is 0.345. The Bertz CT molecular complexity index is 937. The molecule has 0 aliphatic carbocycles. The lowest BCUT2D eigenvalue weighted by atomic mass is 10.0. The highest BCUT2D eigenvalue weighted by Crippen LogP contribution is 2.40. The molecule has 0 saturated heterocycles. The van der Waals surface area contributed by atoms with Crippen molar-refractivity contribution in [1.82, 2.24) is 15.1 Å². The molecule has 0 amide bonds. The monoisotopic (exact) mass is 414 g/mol. The normalized spacial score (nSPS) is 10.5. The maximum absolute atomic E-state index is 12.5. The summed E-state index contributed by atoms with van der Waals surface area (Å²) >= 11 is 6.90. The van der Waals surface area contributed by atoms with E-state index in [1.54, 1.807) is 6.20 Å². The number of rotatable bonds is 7. The molecular formula is C20H22N4O2S2. The summed E-state index contributed by atoms with van der Waals surface area (Å²) in [6.07, 6.45) is 4.57. The topological polar surface area (TPSA) is 68.2 Å². The van der Waals surface area contributed by atoms with Gasteiger partial charge in [0.25, 0.3) is 0 Å². The Labute approximate surface area is 173 Å². The Hall–Kier alpha value is -2.71. The number of thiocarbonyl (C=S) groups is 1. The van der Waals surface area contributed by atoms with Gasteiger partial charge in [0.15, 0.2) is 5.11 Å². The van der Waals surface area contributed by atoms with Crippen LogP contribution >= 0.6 is 23.6 Å². The third kappa shape index (κ3) is 4.76. The largest absolute Gasteiger partial charge is 0.465 e. The standard InChI is InChI=1S/C20H22N4O2S2/c1-14-16(15-8-4-3-5-9-15)17(19(25)26-2)18(28-14)23-20(27)21-10-6-12-24-13-7-11-22-24/h3-5,7-9,11,13H,6,10,12H2,1-2H3,(H2,21,23,27). The van der Waals surface area contributed by atoms with Crippen molar-refractivity contribution in [2.24, 2.45) is 0 Å². The van der Waals surface area contributed by atoms with Crippen molar-refractivity contribution in [3.63, 3.8) is 0 Å². The summed E-state index contributed by atoms with van der Waals surface area (Å²) in [5, 5.41) is 11.7. The molecule has 3 aromatic rings. The zero-order chi connectivity index (χ0) is 19.9. The van der Waals surface area contributed by atoms with Gasteiger partial charge < -0.3 is 15.4 Å². The maximum atomic E-state index is 12.5. The van der Waals surface area contributed by atoms with Crippen molar-refractivity contribution in [3.8, 4) is 11.1 Å². The Morgan fingerprint density at radius 2 is 2.07 bits per heavy atom.